The number of carbonyl (C=O) groups excluding carboxylic acids is 8. The number of nitrogens with two attached hydrogens (primary N) is 4. The number of aliphatic imine (C=N–C) groups is 1. The highest BCUT2D eigenvalue weighted by molar-refractivity contribution is 7.98. The summed E-state index contributed by atoms with van der Waals surface area (Å²) in [6.45, 7) is 1.87. The molecule has 0 aliphatic rings. The summed E-state index contributed by atoms with van der Waals surface area (Å²) in [5.41, 5.74) is 22.2. The maximum Gasteiger partial charge on any atom is 0.326 e. The summed E-state index contributed by atoms with van der Waals surface area (Å²) in [4.78, 5) is 132. The van der Waals surface area contributed by atoms with E-state index in [1.807, 2.05) is 6.26 Å². The van der Waals surface area contributed by atoms with E-state index in [0.717, 1.165) is 0 Å². The summed E-state index contributed by atoms with van der Waals surface area (Å²) < 4.78 is 0. The molecule has 0 saturated heterocycles. The highest BCUT2D eigenvalue weighted by atomic mass is 32.2. The summed E-state index contributed by atoms with van der Waals surface area (Å²) in [6.07, 6.45) is -0.0586. The number of aliphatic hydroxyl groups excluding tert-OH is 1. The Kier molecular flexibility index (Phi) is 25.9. The minimum Gasteiger partial charge on any atom is -0.481 e. The lowest BCUT2D eigenvalue weighted by Gasteiger charge is -2.27. The van der Waals surface area contributed by atoms with Crippen LogP contribution in [0.25, 0.3) is 0 Å². The maximum atomic E-state index is 13.9. The highest BCUT2D eigenvalue weighted by Gasteiger charge is 2.35. The molecule has 0 saturated carbocycles. The molecule has 0 aliphatic carbocycles. The number of benzene rings is 1. The summed E-state index contributed by atoms with van der Waals surface area (Å²) in [7, 11) is 0. The van der Waals surface area contributed by atoms with Crippen LogP contribution in [0, 0.1) is 5.92 Å². The van der Waals surface area contributed by atoms with E-state index in [-0.39, 0.29) is 44.1 Å². The molecule has 362 valence electrons. The predicted molar refractivity (Wildman–Crippen MR) is 236 cm³/mol. The average molecular weight is 939 g/mol. The van der Waals surface area contributed by atoms with Crippen molar-refractivity contribution in [2.75, 3.05) is 31.7 Å². The fraction of sp³-hybridized carbons (Fsp3) is 0.564. The van der Waals surface area contributed by atoms with Gasteiger partial charge in [0, 0.05) is 13.0 Å². The molecule has 0 bridgehead atoms. The van der Waals surface area contributed by atoms with Gasteiger partial charge >= 0.3 is 11.9 Å². The van der Waals surface area contributed by atoms with E-state index in [0.29, 0.717) is 17.7 Å². The van der Waals surface area contributed by atoms with Crippen molar-refractivity contribution in [2.24, 2.45) is 33.8 Å². The third kappa shape index (κ3) is 23.1. The molecule has 0 unspecified atom stereocenters. The molecule has 0 spiro atoms. The number of rotatable bonds is 31. The Morgan fingerprint density at radius 2 is 1.20 bits per heavy atom. The van der Waals surface area contributed by atoms with Crippen LogP contribution < -0.4 is 60.2 Å². The van der Waals surface area contributed by atoms with E-state index < -0.39 is 127 Å². The predicted octanol–water partition coefficient (Wildman–Crippen LogP) is -5.14. The third-order valence-corrected chi connectivity index (χ3v) is 9.74. The van der Waals surface area contributed by atoms with Gasteiger partial charge < -0.3 is 75.5 Å². The lowest BCUT2D eigenvalue weighted by Crippen LogP contribution is -2.61. The van der Waals surface area contributed by atoms with Crippen LogP contribution in [0.15, 0.2) is 35.3 Å². The number of aliphatic carboxylic acids is 2. The standard InChI is InChI=1S/C39H62N12O13S/c1-20(2)14-24(33(58)47-23(38(63)64)10-7-12-44-39(42)43)48-36(61)27(17-31(55)56)51-35(60)26(16-29(41)53)50-34(59)25(15-21-8-5-4-6-9-21)49-37(62)28(19-52)46-30(54)18-45-32(57)22(40)11-13-65-3/h4-6,8-9,20,22-28,52H,7,10-19,40H2,1-3H3,(H2,41,53)(H,45,57)(H,46,54)(H,47,58)(H,48,61)(H,49,62)(H,50,59)(H,51,60)(H,55,56)(H,63,64)(H4,42,43,44)/t22-,23-,24-,25-,26-,27-,28-/m0/s1. The second-order valence-electron chi connectivity index (χ2n) is 15.1. The number of carboxylic acids is 2. The van der Waals surface area contributed by atoms with Gasteiger partial charge in [0.25, 0.3) is 0 Å². The van der Waals surface area contributed by atoms with Crippen molar-refractivity contribution in [3.63, 3.8) is 0 Å². The number of amides is 8. The van der Waals surface area contributed by atoms with E-state index in [1.165, 1.54) is 11.8 Å². The van der Waals surface area contributed by atoms with Gasteiger partial charge in [0.15, 0.2) is 5.96 Å². The SMILES string of the molecule is CSCC[C@H](N)C(=O)NCC(=O)N[C@@H](CO)C(=O)N[C@@H](Cc1ccccc1)C(=O)N[C@@H](CC(N)=O)C(=O)N[C@@H](CC(=O)O)C(=O)N[C@@H](CC(C)C)C(=O)N[C@@H](CCCN=C(N)N)C(=O)O. The Bertz CT molecular complexity index is 1840. The zero-order valence-electron chi connectivity index (χ0n) is 36.4. The Hall–Kier alpha value is -6.54. The second kappa shape index (κ2) is 29.8. The van der Waals surface area contributed by atoms with Crippen molar-refractivity contribution in [3.8, 4) is 0 Å². The minimum atomic E-state index is -1.94. The van der Waals surface area contributed by atoms with Crippen molar-refractivity contribution >= 4 is 76.9 Å². The first-order chi connectivity index (χ1) is 30.6. The topological polar surface area (TPSA) is 432 Å². The van der Waals surface area contributed by atoms with Crippen LogP contribution in [0.3, 0.4) is 0 Å². The molecule has 1 aromatic carbocycles. The molecular weight excluding hydrogens is 877 g/mol. The number of hydrogen-bond donors (Lipinski definition) is 14. The molecule has 1 aromatic rings. The molecule has 18 N–H and O–H groups in total. The molecule has 1 rings (SSSR count). The van der Waals surface area contributed by atoms with Gasteiger partial charge in [-0.05, 0) is 49.2 Å². The van der Waals surface area contributed by atoms with Gasteiger partial charge in [0.1, 0.15) is 36.3 Å². The molecule has 7 atom stereocenters. The summed E-state index contributed by atoms with van der Waals surface area (Å²) in [5.74, 6) is -11.1. The first-order valence-electron chi connectivity index (χ1n) is 20.3. The molecule has 65 heavy (non-hydrogen) atoms. The van der Waals surface area contributed by atoms with Crippen LogP contribution in [0.5, 0.6) is 0 Å². The third-order valence-electron chi connectivity index (χ3n) is 9.09. The van der Waals surface area contributed by atoms with Gasteiger partial charge in [-0.15, -0.1) is 0 Å². The van der Waals surface area contributed by atoms with Crippen molar-refractivity contribution in [1.82, 2.24) is 37.2 Å². The molecule has 0 aliphatic heterocycles. The molecule has 0 radical (unpaired) electrons. The van der Waals surface area contributed by atoms with E-state index in [9.17, 15) is 63.3 Å². The molecule has 0 aromatic heterocycles. The monoisotopic (exact) mass is 938 g/mol. The molecule has 25 nitrogen and oxygen atoms in total. The molecule has 26 heteroatoms. The molecular formula is C39H62N12O13S. The fourth-order valence-corrected chi connectivity index (χ4v) is 6.28. The summed E-state index contributed by atoms with van der Waals surface area (Å²) >= 11 is 1.47. The van der Waals surface area contributed by atoms with E-state index >= 15 is 0 Å². The van der Waals surface area contributed by atoms with E-state index in [2.05, 4.69) is 42.2 Å². The zero-order chi connectivity index (χ0) is 49.2. The summed E-state index contributed by atoms with van der Waals surface area (Å²) in [6, 6.07) is -2.70. The number of carboxylic acid groups (broad SMARTS) is 2. The smallest absolute Gasteiger partial charge is 0.326 e. The lowest BCUT2D eigenvalue weighted by molar-refractivity contribution is -0.143. The number of thioether (sulfide) groups is 1. The molecule has 0 fully saturated rings. The first kappa shape index (κ1) is 56.5. The number of nitrogens with one attached hydrogen (secondary N) is 7. The van der Waals surface area contributed by atoms with Gasteiger partial charge in [-0.1, -0.05) is 44.2 Å². The number of nitrogens with zero attached hydrogens (tertiary/aromatic N) is 1. The highest BCUT2D eigenvalue weighted by Crippen LogP contribution is 2.10. The van der Waals surface area contributed by atoms with Crippen molar-refractivity contribution in [1.29, 1.82) is 0 Å². The van der Waals surface area contributed by atoms with Crippen LogP contribution >= 0.6 is 11.8 Å². The average Bonchev–Trinajstić information content (AvgIpc) is 3.23. The number of guanidine groups is 1. The van der Waals surface area contributed by atoms with Gasteiger partial charge in [0.05, 0.1) is 32.0 Å². The maximum absolute atomic E-state index is 13.9. The number of aliphatic hydroxyl groups is 1. The summed E-state index contributed by atoms with van der Waals surface area (Å²) in [5, 5.41) is 45.4. The minimum absolute atomic E-state index is 0.0620. The Balaban J connectivity index is 3.32. The number of carbonyl (C=O) groups is 10. The van der Waals surface area contributed by atoms with Crippen LogP contribution in [-0.4, -0.2) is 154 Å². The normalized spacial score (nSPS) is 14.1. The molecule has 8 amide bonds. The fourth-order valence-electron chi connectivity index (χ4n) is 5.79. The number of hydrogen-bond acceptors (Lipinski definition) is 14. The van der Waals surface area contributed by atoms with Crippen LogP contribution in [0.1, 0.15) is 57.9 Å². The van der Waals surface area contributed by atoms with E-state index in [4.69, 9.17) is 22.9 Å². The van der Waals surface area contributed by atoms with Crippen LogP contribution in [-0.2, 0) is 54.4 Å². The Morgan fingerprint density at radius 1 is 0.677 bits per heavy atom. The van der Waals surface area contributed by atoms with Gasteiger partial charge in [-0.25, -0.2) is 4.79 Å². The molecule has 0 heterocycles. The Morgan fingerprint density at radius 3 is 1.72 bits per heavy atom. The van der Waals surface area contributed by atoms with Crippen LogP contribution in [0.2, 0.25) is 0 Å². The largest absolute Gasteiger partial charge is 0.481 e. The van der Waals surface area contributed by atoms with Gasteiger partial charge in [-0.2, -0.15) is 11.8 Å². The van der Waals surface area contributed by atoms with E-state index in [1.54, 1.807) is 44.2 Å². The van der Waals surface area contributed by atoms with Gasteiger partial charge in [0.2, 0.25) is 47.3 Å². The van der Waals surface area contributed by atoms with Crippen molar-refractivity contribution in [3.05, 3.63) is 35.9 Å². The Labute approximate surface area is 379 Å². The number of primary amides is 1. The zero-order valence-corrected chi connectivity index (χ0v) is 37.2. The quantitative estimate of drug-likeness (QED) is 0.0188. The lowest BCUT2D eigenvalue weighted by atomic mass is 10.0. The van der Waals surface area contributed by atoms with Crippen molar-refractivity contribution in [2.45, 2.75) is 101 Å². The van der Waals surface area contributed by atoms with Gasteiger partial charge in [-0.3, -0.25) is 48.1 Å². The second-order valence-corrected chi connectivity index (χ2v) is 16.1. The first-order valence-corrected chi connectivity index (χ1v) is 21.7. The van der Waals surface area contributed by atoms with Crippen LogP contribution in [0.4, 0.5) is 0 Å². The van der Waals surface area contributed by atoms with Crippen molar-refractivity contribution < 1.29 is 63.3 Å².